The van der Waals surface area contributed by atoms with Gasteiger partial charge in [0.05, 0.1) is 13.2 Å². The number of anilines is 1. The van der Waals surface area contributed by atoms with Crippen molar-refractivity contribution in [3.63, 3.8) is 0 Å². The predicted molar refractivity (Wildman–Crippen MR) is 116 cm³/mol. The summed E-state index contributed by atoms with van der Waals surface area (Å²) in [5.41, 5.74) is 5.13. The molecule has 1 N–H and O–H groups in total. The third-order valence-corrected chi connectivity index (χ3v) is 5.17. The van der Waals surface area contributed by atoms with E-state index in [0.717, 1.165) is 17.0 Å². The fourth-order valence-electron chi connectivity index (χ4n) is 3.06. The summed E-state index contributed by atoms with van der Waals surface area (Å²) in [7, 11) is 1.61. The van der Waals surface area contributed by atoms with Gasteiger partial charge in [-0.15, -0.1) is 0 Å². The number of methoxy groups -OCH3 is 1. The van der Waals surface area contributed by atoms with Gasteiger partial charge in [-0.25, -0.2) is 0 Å². The molecule has 0 amide bonds. The number of Topliss-reactive ketones (excluding diaryl/α,β-unsaturated/α-hetero) is 1. The molecule has 0 saturated carbocycles. The Kier molecular flexibility index (Phi) is 6.37. The standard InChI is InChI=1S/C24H24ClNO2/c1-16-4-11-21(14-17(16)2)26-23(18-5-9-20(25)10-6-18)15-24(27)19-7-12-22(28-3)13-8-19/h4-14,23,26H,15H2,1-3H3. The van der Waals surface area contributed by atoms with Gasteiger partial charge in [-0.1, -0.05) is 29.8 Å². The number of ether oxygens (including phenoxy) is 1. The first-order valence-corrected chi connectivity index (χ1v) is 9.60. The molecule has 0 fully saturated rings. The molecule has 0 aliphatic rings. The van der Waals surface area contributed by atoms with Gasteiger partial charge < -0.3 is 10.1 Å². The Balaban J connectivity index is 1.85. The van der Waals surface area contributed by atoms with Crippen LogP contribution in [0.15, 0.2) is 66.7 Å². The van der Waals surface area contributed by atoms with E-state index in [1.807, 2.05) is 30.3 Å². The molecule has 144 valence electrons. The fourth-order valence-corrected chi connectivity index (χ4v) is 3.19. The summed E-state index contributed by atoms with van der Waals surface area (Å²) < 4.78 is 5.17. The summed E-state index contributed by atoms with van der Waals surface area (Å²) >= 11 is 6.05. The fraction of sp³-hybridized carbons (Fsp3) is 0.208. The van der Waals surface area contributed by atoms with Crippen molar-refractivity contribution in [1.29, 1.82) is 0 Å². The van der Waals surface area contributed by atoms with Gasteiger partial charge in [-0.2, -0.15) is 0 Å². The molecule has 3 aromatic carbocycles. The van der Waals surface area contributed by atoms with Gasteiger partial charge in [0, 0.05) is 22.7 Å². The van der Waals surface area contributed by atoms with E-state index in [-0.39, 0.29) is 11.8 Å². The van der Waals surface area contributed by atoms with E-state index in [2.05, 4.69) is 31.3 Å². The van der Waals surface area contributed by atoms with Crippen molar-refractivity contribution in [2.24, 2.45) is 0 Å². The Morgan fingerprint density at radius 2 is 1.64 bits per heavy atom. The van der Waals surface area contributed by atoms with Gasteiger partial charge in [0.25, 0.3) is 0 Å². The number of ketones is 1. The molecule has 1 atom stereocenters. The maximum absolute atomic E-state index is 12.9. The van der Waals surface area contributed by atoms with Gasteiger partial charge in [0.1, 0.15) is 5.75 Å². The smallest absolute Gasteiger partial charge is 0.165 e. The molecule has 3 rings (SSSR count). The molecular weight excluding hydrogens is 370 g/mol. The van der Waals surface area contributed by atoms with E-state index in [4.69, 9.17) is 16.3 Å². The number of nitrogens with one attached hydrogen (secondary N) is 1. The van der Waals surface area contributed by atoms with Gasteiger partial charge in [-0.05, 0) is 79.1 Å². The average Bonchev–Trinajstić information content (AvgIpc) is 2.71. The molecule has 1 unspecified atom stereocenters. The molecule has 0 radical (unpaired) electrons. The first-order valence-electron chi connectivity index (χ1n) is 9.23. The topological polar surface area (TPSA) is 38.3 Å². The summed E-state index contributed by atoms with van der Waals surface area (Å²) in [6, 6.07) is 20.9. The lowest BCUT2D eigenvalue weighted by Gasteiger charge is -2.21. The van der Waals surface area contributed by atoms with Crippen LogP contribution in [0.4, 0.5) is 5.69 Å². The summed E-state index contributed by atoms with van der Waals surface area (Å²) in [5, 5.41) is 4.19. The summed E-state index contributed by atoms with van der Waals surface area (Å²) in [6.45, 7) is 4.17. The molecule has 3 aromatic rings. The molecule has 0 aromatic heterocycles. The predicted octanol–water partition coefficient (Wildman–Crippen LogP) is 6.39. The third-order valence-electron chi connectivity index (χ3n) is 4.92. The van der Waals surface area contributed by atoms with Crippen molar-refractivity contribution in [2.75, 3.05) is 12.4 Å². The van der Waals surface area contributed by atoms with E-state index in [0.29, 0.717) is 17.0 Å². The van der Waals surface area contributed by atoms with Crippen molar-refractivity contribution >= 4 is 23.1 Å². The maximum atomic E-state index is 12.9. The summed E-state index contributed by atoms with van der Waals surface area (Å²) in [5.74, 6) is 0.804. The lowest BCUT2D eigenvalue weighted by atomic mass is 9.97. The van der Waals surface area contributed by atoms with Crippen LogP contribution < -0.4 is 10.1 Å². The van der Waals surface area contributed by atoms with Crippen LogP contribution in [0, 0.1) is 13.8 Å². The van der Waals surface area contributed by atoms with E-state index in [1.165, 1.54) is 11.1 Å². The summed E-state index contributed by atoms with van der Waals surface area (Å²) in [4.78, 5) is 12.9. The van der Waals surface area contributed by atoms with Crippen molar-refractivity contribution in [1.82, 2.24) is 0 Å². The van der Waals surface area contributed by atoms with E-state index in [9.17, 15) is 4.79 Å². The van der Waals surface area contributed by atoms with Crippen molar-refractivity contribution in [3.8, 4) is 5.75 Å². The minimum atomic E-state index is -0.158. The van der Waals surface area contributed by atoms with Crippen molar-refractivity contribution in [3.05, 3.63) is 94.0 Å². The maximum Gasteiger partial charge on any atom is 0.165 e. The van der Waals surface area contributed by atoms with Crippen LogP contribution in [-0.4, -0.2) is 12.9 Å². The molecule has 28 heavy (non-hydrogen) atoms. The highest BCUT2D eigenvalue weighted by molar-refractivity contribution is 6.30. The molecule has 0 bridgehead atoms. The number of carbonyl (C=O) groups is 1. The normalized spacial score (nSPS) is 11.7. The molecule has 0 spiro atoms. The Morgan fingerprint density at radius 1 is 0.964 bits per heavy atom. The van der Waals surface area contributed by atoms with E-state index < -0.39 is 0 Å². The Hall–Kier alpha value is -2.78. The number of hydrogen-bond donors (Lipinski definition) is 1. The molecule has 4 heteroatoms. The van der Waals surface area contributed by atoms with Gasteiger partial charge in [0.15, 0.2) is 5.78 Å². The highest BCUT2D eigenvalue weighted by Gasteiger charge is 2.18. The SMILES string of the molecule is COc1ccc(C(=O)CC(Nc2ccc(C)c(C)c2)c2ccc(Cl)cc2)cc1. The second kappa shape index (κ2) is 8.94. The molecule has 0 saturated heterocycles. The number of rotatable bonds is 7. The quantitative estimate of drug-likeness (QED) is 0.472. The molecular formula is C24H24ClNO2. The monoisotopic (exact) mass is 393 g/mol. The molecule has 0 heterocycles. The van der Waals surface area contributed by atoms with Gasteiger partial charge in [0.2, 0.25) is 0 Å². The first-order chi connectivity index (χ1) is 13.5. The molecule has 0 aliphatic carbocycles. The van der Waals surface area contributed by atoms with Crippen LogP contribution in [0.1, 0.15) is 39.5 Å². The highest BCUT2D eigenvalue weighted by atomic mass is 35.5. The van der Waals surface area contributed by atoms with E-state index in [1.54, 1.807) is 31.4 Å². The molecule has 3 nitrogen and oxygen atoms in total. The zero-order chi connectivity index (χ0) is 20.1. The van der Waals surface area contributed by atoms with E-state index >= 15 is 0 Å². The highest BCUT2D eigenvalue weighted by Crippen LogP contribution is 2.27. The largest absolute Gasteiger partial charge is 0.497 e. The third kappa shape index (κ3) is 4.93. The van der Waals surface area contributed by atoms with Gasteiger partial charge in [-0.3, -0.25) is 4.79 Å². The van der Waals surface area contributed by atoms with Crippen molar-refractivity contribution in [2.45, 2.75) is 26.3 Å². The minimum Gasteiger partial charge on any atom is -0.497 e. The van der Waals surface area contributed by atoms with Crippen LogP contribution in [0.25, 0.3) is 0 Å². The van der Waals surface area contributed by atoms with Crippen LogP contribution in [0.3, 0.4) is 0 Å². The number of aryl methyl sites for hydroxylation is 2. The molecule has 0 aliphatic heterocycles. The van der Waals surface area contributed by atoms with Crippen LogP contribution in [0.5, 0.6) is 5.75 Å². The summed E-state index contributed by atoms with van der Waals surface area (Å²) in [6.07, 6.45) is 0.334. The van der Waals surface area contributed by atoms with Crippen LogP contribution in [-0.2, 0) is 0 Å². The first kappa shape index (κ1) is 20.0. The minimum absolute atomic E-state index is 0.0685. The Labute approximate surface area is 171 Å². The lowest BCUT2D eigenvalue weighted by Crippen LogP contribution is -2.16. The number of benzene rings is 3. The second-order valence-corrected chi connectivity index (χ2v) is 7.34. The Bertz CT molecular complexity index is 949. The number of carbonyl (C=O) groups excluding carboxylic acids is 1. The van der Waals surface area contributed by atoms with Crippen molar-refractivity contribution < 1.29 is 9.53 Å². The zero-order valence-corrected chi connectivity index (χ0v) is 17.1. The van der Waals surface area contributed by atoms with Crippen LogP contribution >= 0.6 is 11.6 Å². The van der Waals surface area contributed by atoms with Crippen LogP contribution in [0.2, 0.25) is 5.02 Å². The Morgan fingerprint density at radius 3 is 2.25 bits per heavy atom. The second-order valence-electron chi connectivity index (χ2n) is 6.90. The average molecular weight is 394 g/mol. The number of hydrogen-bond acceptors (Lipinski definition) is 3. The lowest BCUT2D eigenvalue weighted by molar-refractivity contribution is 0.0976. The zero-order valence-electron chi connectivity index (χ0n) is 16.3. The number of halogens is 1. The van der Waals surface area contributed by atoms with Gasteiger partial charge >= 0.3 is 0 Å².